The van der Waals surface area contributed by atoms with Crippen molar-refractivity contribution in [3.05, 3.63) is 29.8 Å². The van der Waals surface area contributed by atoms with Gasteiger partial charge in [-0.3, -0.25) is 4.90 Å². The first kappa shape index (κ1) is 18.5. The topological polar surface area (TPSA) is 81.1 Å². The van der Waals surface area contributed by atoms with Gasteiger partial charge in [0.05, 0.1) is 0 Å². The molecule has 7 heteroatoms. The van der Waals surface area contributed by atoms with Crippen molar-refractivity contribution in [3.8, 4) is 0 Å². The van der Waals surface area contributed by atoms with Gasteiger partial charge in [-0.05, 0) is 31.0 Å². The zero-order chi connectivity index (χ0) is 16.5. The lowest BCUT2D eigenvalue weighted by Crippen LogP contribution is -2.43. The van der Waals surface area contributed by atoms with Crippen molar-refractivity contribution in [1.29, 1.82) is 0 Å². The van der Waals surface area contributed by atoms with Crippen molar-refractivity contribution in [1.82, 2.24) is 9.80 Å². The number of carbonyl (C=O) groups is 2. The molecule has 0 radical (unpaired) electrons. The van der Waals surface area contributed by atoms with E-state index in [2.05, 4.69) is 47.4 Å². The number of nitrogens with zero attached hydrogens (tertiary/aromatic N) is 2. The van der Waals surface area contributed by atoms with Crippen LogP contribution in [0.5, 0.6) is 0 Å². The molecular formula is C15H22N2O4S. The number of likely N-dealkylation sites (N-methyl/N-ethyl adjacent to an activating group) is 1. The molecule has 1 aliphatic rings. The van der Waals surface area contributed by atoms with Crippen LogP contribution in [0.3, 0.4) is 0 Å². The van der Waals surface area contributed by atoms with Gasteiger partial charge in [-0.2, -0.15) is 0 Å². The van der Waals surface area contributed by atoms with Gasteiger partial charge in [0, 0.05) is 37.6 Å². The SMILES string of the molecule is CSc1ccc(CN2CCN(C)CC2)cc1.O=C(O)C(=O)O. The van der Waals surface area contributed by atoms with E-state index in [0.29, 0.717) is 0 Å². The maximum atomic E-state index is 9.10. The van der Waals surface area contributed by atoms with E-state index in [-0.39, 0.29) is 0 Å². The Bertz CT molecular complexity index is 473. The minimum absolute atomic E-state index is 1.10. The zero-order valence-corrected chi connectivity index (χ0v) is 13.7. The number of aliphatic carboxylic acids is 2. The third-order valence-electron chi connectivity index (χ3n) is 3.34. The Morgan fingerprint density at radius 1 is 1.05 bits per heavy atom. The molecule has 1 aromatic rings. The Kier molecular flexibility index (Phi) is 7.94. The molecule has 1 aliphatic heterocycles. The van der Waals surface area contributed by atoms with Crippen LogP contribution in [-0.4, -0.2) is 71.4 Å². The fourth-order valence-electron chi connectivity index (χ4n) is 2.00. The summed E-state index contributed by atoms with van der Waals surface area (Å²) in [4.78, 5) is 24.5. The molecule has 0 amide bonds. The summed E-state index contributed by atoms with van der Waals surface area (Å²) in [7, 11) is 2.20. The lowest BCUT2D eigenvalue weighted by Gasteiger charge is -2.32. The van der Waals surface area contributed by atoms with Crippen molar-refractivity contribution < 1.29 is 19.8 Å². The van der Waals surface area contributed by atoms with Crippen LogP contribution in [0.4, 0.5) is 0 Å². The van der Waals surface area contributed by atoms with Crippen LogP contribution >= 0.6 is 11.8 Å². The highest BCUT2D eigenvalue weighted by Gasteiger charge is 2.13. The van der Waals surface area contributed by atoms with Crippen molar-refractivity contribution in [2.45, 2.75) is 11.4 Å². The second-order valence-electron chi connectivity index (χ2n) is 5.04. The molecule has 2 rings (SSSR count). The molecule has 2 N–H and O–H groups in total. The molecule has 1 saturated heterocycles. The maximum Gasteiger partial charge on any atom is 0.414 e. The Balaban J connectivity index is 0.000000346. The highest BCUT2D eigenvalue weighted by molar-refractivity contribution is 7.98. The van der Waals surface area contributed by atoms with Crippen LogP contribution in [0.25, 0.3) is 0 Å². The smallest absolute Gasteiger partial charge is 0.414 e. The number of hydrogen-bond donors (Lipinski definition) is 2. The predicted octanol–water partition coefficient (Wildman–Crippen LogP) is 1.31. The summed E-state index contributed by atoms with van der Waals surface area (Å²) in [6.45, 7) is 5.88. The average molecular weight is 326 g/mol. The number of rotatable bonds is 3. The quantitative estimate of drug-likeness (QED) is 0.640. The molecule has 0 spiro atoms. The van der Waals surface area contributed by atoms with Gasteiger partial charge in [0.15, 0.2) is 0 Å². The molecule has 1 heterocycles. The molecule has 6 nitrogen and oxygen atoms in total. The fourth-order valence-corrected chi connectivity index (χ4v) is 2.40. The van der Waals surface area contributed by atoms with Crippen molar-refractivity contribution in [2.75, 3.05) is 39.5 Å². The Morgan fingerprint density at radius 2 is 1.55 bits per heavy atom. The van der Waals surface area contributed by atoms with Gasteiger partial charge in [0.2, 0.25) is 0 Å². The minimum Gasteiger partial charge on any atom is -0.473 e. The number of carboxylic acid groups (broad SMARTS) is 2. The molecule has 0 aromatic heterocycles. The van der Waals surface area contributed by atoms with Crippen molar-refractivity contribution >= 4 is 23.7 Å². The summed E-state index contributed by atoms with van der Waals surface area (Å²) < 4.78 is 0. The highest BCUT2D eigenvalue weighted by Crippen LogP contribution is 2.16. The van der Waals surface area contributed by atoms with Gasteiger partial charge in [-0.1, -0.05) is 12.1 Å². The summed E-state index contributed by atoms with van der Waals surface area (Å²) in [6, 6.07) is 8.94. The first-order valence-electron chi connectivity index (χ1n) is 6.92. The van der Waals surface area contributed by atoms with E-state index in [9.17, 15) is 0 Å². The minimum atomic E-state index is -1.82. The van der Waals surface area contributed by atoms with Crippen LogP contribution < -0.4 is 0 Å². The van der Waals surface area contributed by atoms with E-state index >= 15 is 0 Å². The first-order valence-corrected chi connectivity index (χ1v) is 8.15. The Hall–Kier alpha value is -1.57. The molecule has 0 aliphatic carbocycles. The monoisotopic (exact) mass is 326 g/mol. The molecule has 0 unspecified atom stereocenters. The first-order chi connectivity index (χ1) is 10.4. The van der Waals surface area contributed by atoms with Gasteiger partial charge in [-0.25, -0.2) is 9.59 Å². The zero-order valence-electron chi connectivity index (χ0n) is 12.9. The maximum absolute atomic E-state index is 9.10. The average Bonchev–Trinajstić information content (AvgIpc) is 2.51. The lowest BCUT2D eigenvalue weighted by atomic mass is 10.2. The largest absolute Gasteiger partial charge is 0.473 e. The standard InChI is InChI=1S/C13H20N2S.C2H2O4/c1-14-7-9-15(10-8-14)11-12-3-5-13(16-2)6-4-12;3-1(4)2(5)6/h3-6H,7-11H2,1-2H3;(H,3,4)(H,5,6). The summed E-state index contributed by atoms with van der Waals surface area (Å²) in [5.41, 5.74) is 1.43. The third kappa shape index (κ3) is 6.93. The van der Waals surface area contributed by atoms with Crippen molar-refractivity contribution in [3.63, 3.8) is 0 Å². The Labute approximate surface area is 134 Å². The summed E-state index contributed by atoms with van der Waals surface area (Å²) >= 11 is 1.80. The second kappa shape index (κ2) is 9.45. The third-order valence-corrected chi connectivity index (χ3v) is 4.09. The number of thioether (sulfide) groups is 1. The van der Waals surface area contributed by atoms with E-state index in [4.69, 9.17) is 19.8 Å². The predicted molar refractivity (Wildman–Crippen MR) is 86.3 cm³/mol. The Morgan fingerprint density at radius 3 is 1.95 bits per heavy atom. The molecule has 0 saturated carbocycles. The molecule has 1 aromatic carbocycles. The normalized spacial score (nSPS) is 15.7. The summed E-state index contributed by atoms with van der Waals surface area (Å²) in [5, 5.41) is 14.8. The molecule has 0 atom stereocenters. The number of carboxylic acids is 2. The molecule has 122 valence electrons. The van der Waals surface area contributed by atoms with E-state index in [1.165, 1.54) is 36.6 Å². The number of piperazine rings is 1. The van der Waals surface area contributed by atoms with Crippen LogP contribution in [-0.2, 0) is 16.1 Å². The van der Waals surface area contributed by atoms with Crippen molar-refractivity contribution in [2.24, 2.45) is 0 Å². The van der Waals surface area contributed by atoms with Gasteiger partial charge in [0.1, 0.15) is 0 Å². The van der Waals surface area contributed by atoms with E-state index < -0.39 is 11.9 Å². The lowest BCUT2D eigenvalue weighted by molar-refractivity contribution is -0.159. The van der Waals surface area contributed by atoms with Crippen LogP contribution in [0.1, 0.15) is 5.56 Å². The van der Waals surface area contributed by atoms with E-state index in [0.717, 1.165) is 6.54 Å². The summed E-state index contributed by atoms with van der Waals surface area (Å²) in [5.74, 6) is -3.65. The van der Waals surface area contributed by atoms with Gasteiger partial charge in [-0.15, -0.1) is 11.8 Å². The molecule has 1 fully saturated rings. The number of hydrogen-bond acceptors (Lipinski definition) is 5. The van der Waals surface area contributed by atoms with Crippen LogP contribution in [0.2, 0.25) is 0 Å². The van der Waals surface area contributed by atoms with Gasteiger partial charge < -0.3 is 15.1 Å². The number of benzene rings is 1. The van der Waals surface area contributed by atoms with Gasteiger partial charge >= 0.3 is 11.9 Å². The molecular weight excluding hydrogens is 304 g/mol. The fraction of sp³-hybridized carbons (Fsp3) is 0.467. The second-order valence-corrected chi connectivity index (χ2v) is 5.92. The van der Waals surface area contributed by atoms with Crippen LogP contribution in [0.15, 0.2) is 29.2 Å². The van der Waals surface area contributed by atoms with Crippen LogP contribution in [0, 0.1) is 0 Å². The molecule has 0 bridgehead atoms. The molecule has 22 heavy (non-hydrogen) atoms. The van der Waals surface area contributed by atoms with E-state index in [1.807, 2.05) is 0 Å². The van der Waals surface area contributed by atoms with Gasteiger partial charge in [0.25, 0.3) is 0 Å². The van der Waals surface area contributed by atoms with E-state index in [1.54, 1.807) is 11.8 Å². The highest BCUT2D eigenvalue weighted by atomic mass is 32.2. The summed E-state index contributed by atoms with van der Waals surface area (Å²) in [6.07, 6.45) is 2.12.